The van der Waals surface area contributed by atoms with E-state index in [2.05, 4.69) is 70.5 Å². The summed E-state index contributed by atoms with van der Waals surface area (Å²) in [6, 6.07) is 21.5. The molecule has 0 N–H and O–H groups in total. The molecule has 0 unspecified atom stereocenters. The minimum atomic E-state index is 0.838. The van der Waals surface area contributed by atoms with Crippen LogP contribution in [0.15, 0.2) is 60.7 Å². The summed E-state index contributed by atoms with van der Waals surface area (Å²) >= 11 is 3.65. The van der Waals surface area contributed by atoms with E-state index in [4.69, 9.17) is 4.74 Å². The lowest BCUT2D eigenvalue weighted by Gasteiger charge is -2.13. The van der Waals surface area contributed by atoms with Crippen LogP contribution in [-0.4, -0.2) is 7.11 Å². The SMILES string of the molecule is COc1cccc2c1ccc1c3ccccc3cc(CBr)c21. The second-order valence-electron chi connectivity index (χ2n) is 5.43. The third-order valence-corrected chi connectivity index (χ3v) is 4.89. The predicted molar refractivity (Wildman–Crippen MR) is 98.1 cm³/mol. The van der Waals surface area contributed by atoms with Crippen LogP contribution in [0, 0.1) is 0 Å². The zero-order chi connectivity index (χ0) is 15.1. The van der Waals surface area contributed by atoms with Crippen LogP contribution in [0.3, 0.4) is 0 Å². The van der Waals surface area contributed by atoms with Crippen LogP contribution in [0.1, 0.15) is 5.56 Å². The van der Waals surface area contributed by atoms with Gasteiger partial charge in [0.1, 0.15) is 5.75 Å². The summed E-state index contributed by atoms with van der Waals surface area (Å²) in [4.78, 5) is 0. The molecular weight excluding hydrogens is 336 g/mol. The van der Waals surface area contributed by atoms with Gasteiger partial charge in [-0.25, -0.2) is 0 Å². The van der Waals surface area contributed by atoms with Crippen LogP contribution in [0.4, 0.5) is 0 Å². The molecule has 4 aromatic carbocycles. The van der Waals surface area contributed by atoms with Gasteiger partial charge in [0.05, 0.1) is 7.11 Å². The van der Waals surface area contributed by atoms with Crippen molar-refractivity contribution in [2.75, 3.05) is 7.11 Å². The molecule has 0 saturated heterocycles. The lowest BCUT2D eigenvalue weighted by molar-refractivity contribution is 0.420. The first kappa shape index (κ1) is 13.6. The molecule has 0 aliphatic rings. The Balaban J connectivity index is 2.28. The normalized spacial score (nSPS) is 11.4. The second-order valence-corrected chi connectivity index (χ2v) is 5.99. The highest BCUT2D eigenvalue weighted by Crippen LogP contribution is 2.37. The van der Waals surface area contributed by atoms with Crippen molar-refractivity contribution in [3.8, 4) is 5.75 Å². The molecular formula is C20H15BrO. The van der Waals surface area contributed by atoms with Crippen LogP contribution in [0.5, 0.6) is 5.75 Å². The Morgan fingerprint density at radius 2 is 1.55 bits per heavy atom. The highest BCUT2D eigenvalue weighted by atomic mass is 79.9. The van der Waals surface area contributed by atoms with Crippen LogP contribution in [0.2, 0.25) is 0 Å². The van der Waals surface area contributed by atoms with Crippen LogP contribution < -0.4 is 4.74 Å². The molecule has 0 saturated carbocycles. The van der Waals surface area contributed by atoms with E-state index in [0.29, 0.717) is 0 Å². The maximum atomic E-state index is 5.53. The van der Waals surface area contributed by atoms with Crippen molar-refractivity contribution >= 4 is 48.2 Å². The minimum absolute atomic E-state index is 0.838. The molecule has 0 spiro atoms. The summed E-state index contributed by atoms with van der Waals surface area (Å²) in [5.74, 6) is 0.924. The molecule has 0 aliphatic carbocycles. The lowest BCUT2D eigenvalue weighted by atomic mass is 9.93. The van der Waals surface area contributed by atoms with E-state index in [1.165, 1.54) is 32.5 Å². The molecule has 0 aliphatic heterocycles. The molecule has 1 nitrogen and oxygen atoms in total. The molecule has 2 heteroatoms. The first-order valence-corrected chi connectivity index (χ1v) is 8.41. The maximum absolute atomic E-state index is 5.53. The summed E-state index contributed by atoms with van der Waals surface area (Å²) in [5.41, 5.74) is 1.31. The van der Waals surface area contributed by atoms with E-state index >= 15 is 0 Å². The van der Waals surface area contributed by atoms with E-state index < -0.39 is 0 Å². The van der Waals surface area contributed by atoms with Crippen molar-refractivity contribution in [1.29, 1.82) is 0 Å². The van der Waals surface area contributed by atoms with Crippen LogP contribution in [-0.2, 0) is 5.33 Å². The average Bonchev–Trinajstić information content (AvgIpc) is 2.59. The van der Waals surface area contributed by atoms with Gasteiger partial charge in [0.15, 0.2) is 0 Å². The minimum Gasteiger partial charge on any atom is -0.496 e. The van der Waals surface area contributed by atoms with Crippen molar-refractivity contribution in [3.63, 3.8) is 0 Å². The number of alkyl halides is 1. The largest absolute Gasteiger partial charge is 0.496 e. The molecule has 0 fully saturated rings. The van der Waals surface area contributed by atoms with Crippen molar-refractivity contribution < 1.29 is 4.74 Å². The van der Waals surface area contributed by atoms with Gasteiger partial charge in [-0.15, -0.1) is 0 Å². The second kappa shape index (κ2) is 5.29. The highest BCUT2D eigenvalue weighted by molar-refractivity contribution is 9.08. The Labute approximate surface area is 137 Å². The number of benzene rings is 4. The molecule has 4 aromatic rings. The Morgan fingerprint density at radius 1 is 0.818 bits per heavy atom. The number of fused-ring (bicyclic) bond motifs is 5. The van der Waals surface area contributed by atoms with Gasteiger partial charge in [-0.1, -0.05) is 58.4 Å². The Morgan fingerprint density at radius 3 is 2.36 bits per heavy atom. The molecule has 0 heterocycles. The standard InChI is InChI=1S/C20H15BrO/c1-22-19-8-4-7-17-16(19)9-10-18-15-6-3-2-5-13(15)11-14(12-21)20(17)18/h2-11H,12H2,1H3. The summed E-state index contributed by atoms with van der Waals surface area (Å²) in [6.45, 7) is 0. The number of ether oxygens (including phenoxy) is 1. The van der Waals surface area contributed by atoms with E-state index in [1.54, 1.807) is 7.11 Å². The van der Waals surface area contributed by atoms with Crippen molar-refractivity contribution in [3.05, 3.63) is 66.2 Å². The number of methoxy groups -OCH3 is 1. The molecule has 22 heavy (non-hydrogen) atoms. The van der Waals surface area contributed by atoms with Crippen LogP contribution >= 0.6 is 15.9 Å². The van der Waals surface area contributed by atoms with E-state index in [1.807, 2.05) is 6.07 Å². The van der Waals surface area contributed by atoms with Gasteiger partial charge in [-0.3, -0.25) is 0 Å². The molecule has 0 atom stereocenters. The molecule has 0 aromatic heterocycles. The van der Waals surface area contributed by atoms with Gasteiger partial charge in [-0.2, -0.15) is 0 Å². The summed E-state index contributed by atoms with van der Waals surface area (Å²) in [5, 5.41) is 8.44. The Kier molecular flexibility index (Phi) is 3.27. The fourth-order valence-electron chi connectivity index (χ4n) is 3.31. The van der Waals surface area contributed by atoms with Crippen molar-refractivity contribution in [2.45, 2.75) is 5.33 Å². The number of halogens is 1. The molecule has 4 rings (SSSR count). The highest BCUT2D eigenvalue weighted by Gasteiger charge is 2.11. The number of rotatable bonds is 2. The molecule has 0 radical (unpaired) electrons. The zero-order valence-electron chi connectivity index (χ0n) is 12.3. The average molecular weight is 351 g/mol. The summed E-state index contributed by atoms with van der Waals surface area (Å²) in [6.07, 6.45) is 0. The quantitative estimate of drug-likeness (QED) is 0.316. The van der Waals surface area contributed by atoms with Crippen molar-refractivity contribution in [2.24, 2.45) is 0 Å². The number of hydrogen-bond donors (Lipinski definition) is 0. The monoisotopic (exact) mass is 350 g/mol. The zero-order valence-corrected chi connectivity index (χ0v) is 13.9. The first-order valence-electron chi connectivity index (χ1n) is 7.29. The first-order chi connectivity index (χ1) is 10.8. The lowest BCUT2D eigenvalue weighted by Crippen LogP contribution is -1.89. The summed E-state index contributed by atoms with van der Waals surface area (Å²) in [7, 11) is 1.73. The topological polar surface area (TPSA) is 9.23 Å². The molecule has 0 amide bonds. The molecule has 0 bridgehead atoms. The Hall–Kier alpha value is -2.06. The van der Waals surface area contributed by atoms with Gasteiger partial charge in [0, 0.05) is 10.7 Å². The van der Waals surface area contributed by atoms with Gasteiger partial charge < -0.3 is 4.74 Å². The summed E-state index contributed by atoms with van der Waals surface area (Å²) < 4.78 is 5.53. The maximum Gasteiger partial charge on any atom is 0.126 e. The number of hydrogen-bond acceptors (Lipinski definition) is 1. The van der Waals surface area contributed by atoms with Gasteiger partial charge in [0.2, 0.25) is 0 Å². The Bertz CT molecular complexity index is 1000. The van der Waals surface area contributed by atoms with Crippen LogP contribution in [0.25, 0.3) is 32.3 Å². The van der Waals surface area contributed by atoms with E-state index in [-0.39, 0.29) is 0 Å². The van der Waals surface area contributed by atoms with E-state index in [9.17, 15) is 0 Å². The smallest absolute Gasteiger partial charge is 0.126 e. The third-order valence-electron chi connectivity index (χ3n) is 4.29. The molecule has 108 valence electrons. The fraction of sp³-hybridized carbons (Fsp3) is 0.100. The van der Waals surface area contributed by atoms with E-state index in [0.717, 1.165) is 16.5 Å². The third kappa shape index (κ3) is 1.91. The van der Waals surface area contributed by atoms with Gasteiger partial charge in [0.25, 0.3) is 0 Å². The van der Waals surface area contributed by atoms with Gasteiger partial charge in [-0.05, 0) is 50.7 Å². The van der Waals surface area contributed by atoms with Crippen molar-refractivity contribution in [1.82, 2.24) is 0 Å². The predicted octanol–water partition coefficient (Wildman–Crippen LogP) is 6.05. The fourth-order valence-corrected chi connectivity index (χ4v) is 3.75. The van der Waals surface area contributed by atoms with Gasteiger partial charge >= 0.3 is 0 Å².